The van der Waals surface area contributed by atoms with Crippen LogP contribution in [-0.2, 0) is 0 Å². The molecule has 0 bridgehead atoms. The summed E-state index contributed by atoms with van der Waals surface area (Å²) in [5, 5.41) is 0. The number of hydrogen-bond donors (Lipinski definition) is 0. The Labute approximate surface area is 110 Å². The van der Waals surface area contributed by atoms with Crippen LogP contribution in [0.4, 0.5) is 0 Å². The highest BCUT2D eigenvalue weighted by atomic mass is 14.2. The molecule has 102 valence electrons. The third kappa shape index (κ3) is 6.29. The fraction of sp³-hybridized carbons (Fsp3) is 0.882. The van der Waals surface area contributed by atoms with Crippen LogP contribution >= 0.6 is 0 Å². The van der Waals surface area contributed by atoms with Gasteiger partial charge in [-0.1, -0.05) is 73.0 Å². The molecule has 0 aliphatic carbocycles. The Bertz CT molecular complexity index is 204. The van der Waals surface area contributed by atoms with Crippen LogP contribution in [0.2, 0.25) is 0 Å². The van der Waals surface area contributed by atoms with E-state index in [0.29, 0.717) is 5.92 Å². The molecule has 0 fully saturated rings. The third-order valence-corrected chi connectivity index (χ3v) is 4.78. The molecule has 0 heterocycles. The van der Waals surface area contributed by atoms with Crippen molar-refractivity contribution in [3.05, 3.63) is 12.2 Å². The van der Waals surface area contributed by atoms with Gasteiger partial charge in [0.1, 0.15) is 0 Å². The standard InChI is InChI=1S/C17H34/c1-8-10-14(4)15(5)11-12-16(6)17(7)13(3)9-2/h13-15,17H,6,8-12H2,1-5,7H3. The Morgan fingerprint density at radius 2 is 1.41 bits per heavy atom. The average Bonchev–Trinajstić information content (AvgIpc) is 2.33. The minimum Gasteiger partial charge on any atom is -0.0996 e. The van der Waals surface area contributed by atoms with Crippen molar-refractivity contribution in [2.75, 3.05) is 0 Å². The van der Waals surface area contributed by atoms with E-state index < -0.39 is 0 Å². The van der Waals surface area contributed by atoms with Crippen molar-refractivity contribution in [2.45, 2.75) is 73.6 Å². The highest BCUT2D eigenvalue weighted by molar-refractivity contribution is 5.00. The second-order valence-corrected chi connectivity index (χ2v) is 6.11. The molecule has 0 N–H and O–H groups in total. The first-order chi connectivity index (χ1) is 7.93. The van der Waals surface area contributed by atoms with E-state index in [9.17, 15) is 0 Å². The summed E-state index contributed by atoms with van der Waals surface area (Å²) in [4.78, 5) is 0. The van der Waals surface area contributed by atoms with E-state index in [1.165, 1.54) is 37.7 Å². The van der Waals surface area contributed by atoms with Crippen molar-refractivity contribution in [1.29, 1.82) is 0 Å². The molecule has 0 amide bonds. The first-order valence-corrected chi connectivity index (χ1v) is 7.61. The molecule has 0 saturated carbocycles. The van der Waals surface area contributed by atoms with Crippen LogP contribution in [0.1, 0.15) is 73.6 Å². The second-order valence-electron chi connectivity index (χ2n) is 6.11. The first kappa shape index (κ1) is 16.7. The van der Waals surface area contributed by atoms with Crippen molar-refractivity contribution < 1.29 is 0 Å². The fourth-order valence-corrected chi connectivity index (χ4v) is 2.42. The van der Waals surface area contributed by atoms with Crippen LogP contribution < -0.4 is 0 Å². The molecule has 4 atom stereocenters. The molecule has 0 rings (SSSR count). The Hall–Kier alpha value is -0.260. The lowest BCUT2D eigenvalue weighted by Gasteiger charge is -2.24. The second kappa shape index (κ2) is 8.78. The minimum atomic E-state index is 0.689. The lowest BCUT2D eigenvalue weighted by molar-refractivity contribution is 0.331. The van der Waals surface area contributed by atoms with Crippen LogP contribution in [0, 0.1) is 23.7 Å². The van der Waals surface area contributed by atoms with E-state index in [-0.39, 0.29) is 0 Å². The quantitative estimate of drug-likeness (QED) is 0.427. The van der Waals surface area contributed by atoms with Crippen molar-refractivity contribution in [2.24, 2.45) is 23.7 Å². The number of allylic oxidation sites excluding steroid dienone is 1. The molecule has 0 aromatic rings. The van der Waals surface area contributed by atoms with Gasteiger partial charge in [0.15, 0.2) is 0 Å². The summed E-state index contributed by atoms with van der Waals surface area (Å²) in [7, 11) is 0. The molecule has 17 heavy (non-hydrogen) atoms. The zero-order chi connectivity index (χ0) is 13.4. The fourth-order valence-electron chi connectivity index (χ4n) is 2.42. The molecule has 0 aliphatic rings. The van der Waals surface area contributed by atoms with Gasteiger partial charge < -0.3 is 0 Å². The number of rotatable bonds is 9. The summed E-state index contributed by atoms with van der Waals surface area (Å²) < 4.78 is 0. The summed E-state index contributed by atoms with van der Waals surface area (Å²) in [6, 6.07) is 0. The van der Waals surface area contributed by atoms with E-state index in [2.05, 4.69) is 48.1 Å². The molecule has 0 saturated heterocycles. The van der Waals surface area contributed by atoms with E-state index in [0.717, 1.165) is 17.8 Å². The van der Waals surface area contributed by atoms with Crippen molar-refractivity contribution in [3.8, 4) is 0 Å². The average molecular weight is 238 g/mol. The molecule has 0 aromatic carbocycles. The molecule has 0 aliphatic heterocycles. The zero-order valence-corrected chi connectivity index (χ0v) is 13.1. The van der Waals surface area contributed by atoms with E-state index in [1.807, 2.05) is 0 Å². The lowest BCUT2D eigenvalue weighted by Crippen LogP contribution is -2.12. The molecule has 0 nitrogen and oxygen atoms in total. The van der Waals surface area contributed by atoms with Gasteiger partial charge in [-0.2, -0.15) is 0 Å². The topological polar surface area (TPSA) is 0 Å². The van der Waals surface area contributed by atoms with Gasteiger partial charge >= 0.3 is 0 Å². The van der Waals surface area contributed by atoms with Crippen LogP contribution in [0.3, 0.4) is 0 Å². The Kier molecular flexibility index (Phi) is 8.64. The molecular formula is C17H34. The normalized spacial score (nSPS) is 18.5. The first-order valence-electron chi connectivity index (χ1n) is 7.61. The van der Waals surface area contributed by atoms with E-state index >= 15 is 0 Å². The summed E-state index contributed by atoms with van der Waals surface area (Å²) in [6.45, 7) is 18.4. The van der Waals surface area contributed by atoms with Crippen LogP contribution in [0.25, 0.3) is 0 Å². The van der Waals surface area contributed by atoms with E-state index in [4.69, 9.17) is 0 Å². The van der Waals surface area contributed by atoms with Gasteiger partial charge in [0.25, 0.3) is 0 Å². The predicted octanol–water partition coefficient (Wildman–Crippen LogP) is 6.08. The maximum atomic E-state index is 4.30. The smallest absolute Gasteiger partial charge is 0.0209 e. The van der Waals surface area contributed by atoms with Crippen LogP contribution in [0.15, 0.2) is 12.2 Å². The molecular weight excluding hydrogens is 204 g/mol. The Morgan fingerprint density at radius 1 is 0.882 bits per heavy atom. The molecule has 0 heteroatoms. The summed E-state index contributed by atoms with van der Waals surface area (Å²) in [6.07, 6.45) is 6.49. The zero-order valence-electron chi connectivity index (χ0n) is 13.1. The predicted molar refractivity (Wildman–Crippen MR) is 80.2 cm³/mol. The summed E-state index contributed by atoms with van der Waals surface area (Å²) >= 11 is 0. The highest BCUT2D eigenvalue weighted by Gasteiger charge is 2.16. The molecule has 0 radical (unpaired) electrons. The lowest BCUT2D eigenvalue weighted by atomic mass is 9.82. The Balaban J connectivity index is 3.98. The SMILES string of the molecule is C=C(CCC(C)C(C)CCC)C(C)C(C)CC. The number of hydrogen-bond acceptors (Lipinski definition) is 0. The van der Waals surface area contributed by atoms with E-state index in [1.54, 1.807) is 0 Å². The van der Waals surface area contributed by atoms with Gasteiger partial charge in [-0.05, 0) is 36.5 Å². The van der Waals surface area contributed by atoms with Gasteiger partial charge in [0.05, 0.1) is 0 Å². The van der Waals surface area contributed by atoms with Crippen LogP contribution in [0.5, 0.6) is 0 Å². The van der Waals surface area contributed by atoms with Gasteiger partial charge in [0, 0.05) is 0 Å². The van der Waals surface area contributed by atoms with Gasteiger partial charge in [-0.25, -0.2) is 0 Å². The maximum absolute atomic E-state index is 4.30. The van der Waals surface area contributed by atoms with Crippen LogP contribution in [-0.4, -0.2) is 0 Å². The summed E-state index contributed by atoms with van der Waals surface area (Å²) in [5.41, 5.74) is 1.47. The van der Waals surface area contributed by atoms with Gasteiger partial charge in [-0.15, -0.1) is 0 Å². The molecule has 0 aromatic heterocycles. The Morgan fingerprint density at radius 3 is 1.88 bits per heavy atom. The summed E-state index contributed by atoms with van der Waals surface area (Å²) in [5.74, 6) is 3.18. The molecule has 0 spiro atoms. The van der Waals surface area contributed by atoms with Gasteiger partial charge in [-0.3, -0.25) is 0 Å². The third-order valence-electron chi connectivity index (χ3n) is 4.78. The minimum absolute atomic E-state index is 0.689. The monoisotopic (exact) mass is 238 g/mol. The van der Waals surface area contributed by atoms with Gasteiger partial charge in [0.2, 0.25) is 0 Å². The largest absolute Gasteiger partial charge is 0.0996 e. The maximum Gasteiger partial charge on any atom is -0.0209 e. The van der Waals surface area contributed by atoms with Crippen molar-refractivity contribution >= 4 is 0 Å². The van der Waals surface area contributed by atoms with Crippen molar-refractivity contribution in [3.63, 3.8) is 0 Å². The highest BCUT2D eigenvalue weighted by Crippen LogP contribution is 2.28. The van der Waals surface area contributed by atoms with Crippen molar-refractivity contribution in [1.82, 2.24) is 0 Å². The molecule has 4 unspecified atom stereocenters.